The maximum Gasteiger partial charge on any atom is 0.0991 e. The van der Waals surface area contributed by atoms with Crippen molar-refractivity contribution in [2.75, 3.05) is 0 Å². The molecule has 0 fully saturated rings. The molecule has 0 aliphatic rings. The van der Waals surface area contributed by atoms with Gasteiger partial charge in [-0.1, -0.05) is 12.1 Å². The molecule has 0 saturated heterocycles. The van der Waals surface area contributed by atoms with Gasteiger partial charge in [0.25, 0.3) is 0 Å². The molecule has 120 valence electrons. The smallest absolute Gasteiger partial charge is 0.0991 e. The maximum atomic E-state index is 9.13. The van der Waals surface area contributed by atoms with Crippen LogP contribution >= 0.6 is 0 Å². The van der Waals surface area contributed by atoms with Crippen LogP contribution in [0.25, 0.3) is 27.7 Å². The topological polar surface area (TPSA) is 41.6 Å². The molecule has 2 aromatic carbocycles. The monoisotopic (exact) mass is 323 g/mol. The SMILES string of the molecule is Cc1ccncc1-n1ccc2cc(-c3cccc(C#N)c3)cc(C)c21. The molecule has 4 rings (SSSR count). The Kier molecular flexibility index (Phi) is 3.59. The van der Waals surface area contributed by atoms with Gasteiger partial charge in [-0.3, -0.25) is 4.98 Å². The number of aromatic nitrogens is 2. The molecule has 0 radical (unpaired) electrons. The highest BCUT2D eigenvalue weighted by molar-refractivity contribution is 5.90. The lowest BCUT2D eigenvalue weighted by molar-refractivity contribution is 1.07. The van der Waals surface area contributed by atoms with Crippen molar-refractivity contribution in [3.8, 4) is 22.9 Å². The quantitative estimate of drug-likeness (QED) is 0.510. The van der Waals surface area contributed by atoms with Crippen molar-refractivity contribution in [1.29, 1.82) is 5.26 Å². The summed E-state index contributed by atoms with van der Waals surface area (Å²) in [6.07, 6.45) is 5.81. The Bertz CT molecular complexity index is 1130. The fraction of sp³-hybridized carbons (Fsp3) is 0.0909. The lowest BCUT2D eigenvalue weighted by Crippen LogP contribution is -1.97. The van der Waals surface area contributed by atoms with Gasteiger partial charge < -0.3 is 4.57 Å². The van der Waals surface area contributed by atoms with Crippen molar-refractivity contribution in [3.05, 3.63) is 83.8 Å². The molecule has 0 aliphatic carbocycles. The van der Waals surface area contributed by atoms with E-state index in [4.69, 9.17) is 5.26 Å². The van der Waals surface area contributed by atoms with Gasteiger partial charge in [-0.15, -0.1) is 0 Å². The van der Waals surface area contributed by atoms with Crippen molar-refractivity contribution >= 4 is 10.9 Å². The molecule has 0 amide bonds. The van der Waals surface area contributed by atoms with E-state index in [-0.39, 0.29) is 0 Å². The number of nitrogens with zero attached hydrogens (tertiary/aromatic N) is 3. The molecular weight excluding hydrogens is 306 g/mol. The molecule has 0 aliphatic heterocycles. The first-order valence-corrected chi connectivity index (χ1v) is 8.20. The van der Waals surface area contributed by atoms with Gasteiger partial charge in [0.05, 0.1) is 29.0 Å². The maximum absolute atomic E-state index is 9.13. The van der Waals surface area contributed by atoms with E-state index in [1.54, 1.807) is 0 Å². The lowest BCUT2D eigenvalue weighted by atomic mass is 9.99. The average molecular weight is 323 g/mol. The first-order valence-electron chi connectivity index (χ1n) is 8.20. The lowest BCUT2D eigenvalue weighted by Gasteiger charge is -2.11. The zero-order valence-corrected chi connectivity index (χ0v) is 14.2. The molecule has 0 atom stereocenters. The summed E-state index contributed by atoms with van der Waals surface area (Å²) in [6, 6.07) is 18.5. The van der Waals surface area contributed by atoms with E-state index in [0.29, 0.717) is 5.56 Å². The van der Waals surface area contributed by atoms with Crippen LogP contribution in [-0.2, 0) is 0 Å². The van der Waals surface area contributed by atoms with Gasteiger partial charge in [-0.05, 0) is 72.5 Å². The minimum absolute atomic E-state index is 0.679. The van der Waals surface area contributed by atoms with Gasteiger partial charge in [0.1, 0.15) is 0 Å². The Balaban J connectivity index is 1.91. The molecule has 3 heteroatoms. The molecule has 0 N–H and O–H groups in total. The van der Waals surface area contributed by atoms with Crippen molar-refractivity contribution in [2.45, 2.75) is 13.8 Å². The Morgan fingerprint density at radius 2 is 1.84 bits per heavy atom. The van der Waals surface area contributed by atoms with Crippen LogP contribution in [0, 0.1) is 25.2 Å². The number of hydrogen-bond acceptors (Lipinski definition) is 2. The first kappa shape index (κ1) is 15.2. The van der Waals surface area contributed by atoms with Gasteiger partial charge >= 0.3 is 0 Å². The predicted molar refractivity (Wildman–Crippen MR) is 101 cm³/mol. The third-order valence-electron chi connectivity index (χ3n) is 4.57. The molecule has 0 bridgehead atoms. The normalized spacial score (nSPS) is 10.8. The van der Waals surface area contributed by atoms with E-state index >= 15 is 0 Å². The minimum atomic E-state index is 0.679. The molecule has 25 heavy (non-hydrogen) atoms. The van der Waals surface area contributed by atoms with Crippen LogP contribution in [0.1, 0.15) is 16.7 Å². The second-order valence-electron chi connectivity index (χ2n) is 6.27. The molecule has 0 unspecified atom stereocenters. The van der Waals surface area contributed by atoms with Crippen molar-refractivity contribution in [2.24, 2.45) is 0 Å². The highest BCUT2D eigenvalue weighted by Gasteiger charge is 2.10. The predicted octanol–water partition coefficient (Wildman–Crippen LogP) is 5.18. The summed E-state index contributed by atoms with van der Waals surface area (Å²) < 4.78 is 2.20. The van der Waals surface area contributed by atoms with Gasteiger partial charge in [0.15, 0.2) is 0 Å². The van der Waals surface area contributed by atoms with Gasteiger partial charge in [-0.25, -0.2) is 0 Å². The van der Waals surface area contributed by atoms with Crippen LogP contribution < -0.4 is 0 Å². The summed E-state index contributed by atoms with van der Waals surface area (Å²) in [6.45, 7) is 4.22. The Morgan fingerprint density at radius 1 is 0.960 bits per heavy atom. The van der Waals surface area contributed by atoms with Crippen LogP contribution in [0.2, 0.25) is 0 Å². The second kappa shape index (κ2) is 5.92. The molecular formula is C22H17N3. The summed E-state index contributed by atoms with van der Waals surface area (Å²) in [4.78, 5) is 4.27. The van der Waals surface area contributed by atoms with E-state index in [0.717, 1.165) is 16.8 Å². The summed E-state index contributed by atoms with van der Waals surface area (Å²) in [7, 11) is 0. The highest BCUT2D eigenvalue weighted by atomic mass is 15.0. The summed E-state index contributed by atoms with van der Waals surface area (Å²) in [5.41, 5.74) is 7.55. The minimum Gasteiger partial charge on any atom is -0.314 e. The summed E-state index contributed by atoms with van der Waals surface area (Å²) in [5, 5.41) is 10.3. The van der Waals surface area contributed by atoms with Crippen LogP contribution in [0.3, 0.4) is 0 Å². The van der Waals surface area contributed by atoms with Crippen molar-refractivity contribution < 1.29 is 0 Å². The molecule has 0 spiro atoms. The Morgan fingerprint density at radius 3 is 2.64 bits per heavy atom. The first-order chi connectivity index (χ1) is 12.2. The van der Waals surface area contributed by atoms with Crippen LogP contribution in [0.4, 0.5) is 0 Å². The van der Waals surface area contributed by atoms with Crippen molar-refractivity contribution in [3.63, 3.8) is 0 Å². The van der Waals surface area contributed by atoms with E-state index < -0.39 is 0 Å². The zero-order valence-electron chi connectivity index (χ0n) is 14.2. The molecule has 0 saturated carbocycles. The number of hydrogen-bond donors (Lipinski definition) is 0. The number of benzene rings is 2. The fourth-order valence-corrected chi connectivity index (χ4v) is 3.34. The van der Waals surface area contributed by atoms with Crippen molar-refractivity contribution in [1.82, 2.24) is 9.55 Å². The third-order valence-corrected chi connectivity index (χ3v) is 4.57. The van der Waals surface area contributed by atoms with E-state index in [1.165, 1.54) is 22.0 Å². The fourth-order valence-electron chi connectivity index (χ4n) is 3.34. The molecule has 2 aromatic heterocycles. The van der Waals surface area contributed by atoms with Crippen LogP contribution in [-0.4, -0.2) is 9.55 Å². The zero-order chi connectivity index (χ0) is 17.4. The van der Waals surface area contributed by atoms with Gasteiger partial charge in [0, 0.05) is 17.8 Å². The van der Waals surface area contributed by atoms with Gasteiger partial charge in [0.2, 0.25) is 0 Å². The van der Waals surface area contributed by atoms with Gasteiger partial charge in [-0.2, -0.15) is 5.26 Å². The third kappa shape index (κ3) is 2.58. The molecule has 4 aromatic rings. The highest BCUT2D eigenvalue weighted by Crippen LogP contribution is 2.30. The number of pyridine rings is 1. The number of nitriles is 1. The Labute approximate surface area is 146 Å². The number of fused-ring (bicyclic) bond motifs is 1. The number of aryl methyl sites for hydroxylation is 2. The van der Waals surface area contributed by atoms with E-state index in [9.17, 15) is 0 Å². The standard InChI is InChI=1S/C22H17N3/c1-15-6-8-24-14-21(15)25-9-7-19-12-20(10-16(2)22(19)25)18-5-3-4-17(11-18)13-23/h3-12,14H,1-2H3. The second-order valence-corrected chi connectivity index (χ2v) is 6.27. The average Bonchev–Trinajstić information content (AvgIpc) is 3.06. The molecule has 3 nitrogen and oxygen atoms in total. The largest absolute Gasteiger partial charge is 0.314 e. The van der Waals surface area contributed by atoms with E-state index in [2.05, 4.69) is 53.9 Å². The number of rotatable bonds is 2. The Hall–Kier alpha value is -3.38. The summed E-state index contributed by atoms with van der Waals surface area (Å²) in [5.74, 6) is 0. The summed E-state index contributed by atoms with van der Waals surface area (Å²) >= 11 is 0. The van der Waals surface area contributed by atoms with Crippen LogP contribution in [0.15, 0.2) is 67.1 Å². The van der Waals surface area contributed by atoms with E-state index in [1.807, 2.05) is 42.7 Å². The molecule has 2 heterocycles. The van der Waals surface area contributed by atoms with Crippen LogP contribution in [0.5, 0.6) is 0 Å².